The Hall–Kier alpha value is -2.69. The number of hydrogen-bond donors (Lipinski definition) is 3. The second-order valence-corrected chi connectivity index (χ2v) is 7.28. The van der Waals surface area contributed by atoms with Crippen LogP contribution in [0.3, 0.4) is 0 Å². The van der Waals surface area contributed by atoms with Crippen LogP contribution in [-0.4, -0.2) is 39.4 Å². The van der Waals surface area contributed by atoms with Crippen LogP contribution in [-0.2, 0) is 0 Å². The fourth-order valence-corrected chi connectivity index (χ4v) is 3.67. The Morgan fingerprint density at radius 1 is 1.38 bits per heavy atom. The number of rotatable bonds is 6. The molecule has 1 amide bonds. The highest BCUT2D eigenvalue weighted by Crippen LogP contribution is 2.35. The molecule has 2 heterocycles. The maximum absolute atomic E-state index is 13.3. The number of nitrogens with one attached hydrogen (secondary N) is 2. The van der Waals surface area contributed by atoms with Crippen LogP contribution in [0.1, 0.15) is 42.6 Å². The van der Waals surface area contributed by atoms with Gasteiger partial charge in [-0.25, -0.2) is 4.98 Å². The second kappa shape index (κ2) is 8.36. The maximum Gasteiger partial charge on any atom is 0.401 e. The minimum absolute atomic E-state index is 0.0290. The van der Waals surface area contributed by atoms with E-state index in [9.17, 15) is 22.4 Å². The van der Waals surface area contributed by atoms with E-state index in [1.807, 2.05) is 6.92 Å². The third-order valence-corrected chi connectivity index (χ3v) is 5.04. The average Bonchev–Trinajstić information content (AvgIpc) is 3.03. The van der Waals surface area contributed by atoms with Crippen molar-refractivity contribution in [2.45, 2.75) is 44.4 Å². The fraction of sp³-hybridized carbons (Fsp3) is 0.500. The summed E-state index contributed by atoms with van der Waals surface area (Å²) in [6.07, 6.45) is 0.244. The first-order valence-corrected chi connectivity index (χ1v) is 9.20. The van der Waals surface area contributed by atoms with Crippen LogP contribution >= 0.6 is 0 Å². The lowest BCUT2D eigenvalue weighted by molar-refractivity contribution is -0.127. The molecule has 1 saturated carbocycles. The lowest BCUT2D eigenvalue weighted by Crippen LogP contribution is -2.41. The second-order valence-electron chi connectivity index (χ2n) is 7.28. The molecule has 1 aliphatic rings. The number of aromatic nitrogens is 3. The third kappa shape index (κ3) is 5.43. The number of carbonyl (C=O) groups excluding carboxylic acids is 1. The zero-order chi connectivity index (χ0) is 21.2. The van der Waals surface area contributed by atoms with Gasteiger partial charge in [0.25, 0.3) is 5.91 Å². The highest BCUT2D eigenvalue weighted by Gasteiger charge is 2.33. The summed E-state index contributed by atoms with van der Waals surface area (Å²) in [5.41, 5.74) is 5.95. The zero-order valence-corrected chi connectivity index (χ0v) is 15.7. The van der Waals surface area contributed by atoms with Gasteiger partial charge in [0.1, 0.15) is 5.56 Å². The van der Waals surface area contributed by atoms with Gasteiger partial charge in [-0.15, -0.1) is 0 Å². The minimum Gasteiger partial charge on any atom is -0.365 e. The van der Waals surface area contributed by atoms with E-state index >= 15 is 0 Å². The summed E-state index contributed by atoms with van der Waals surface area (Å²) in [4.78, 5) is 15.3. The Balaban J connectivity index is 1.73. The van der Waals surface area contributed by atoms with Crippen LogP contribution < -0.4 is 16.4 Å². The van der Waals surface area contributed by atoms with Crippen molar-refractivity contribution in [2.75, 3.05) is 11.9 Å². The van der Waals surface area contributed by atoms with Gasteiger partial charge < -0.3 is 16.4 Å². The lowest BCUT2D eigenvalue weighted by Gasteiger charge is -2.35. The van der Waals surface area contributed by atoms with E-state index in [0.717, 1.165) is 6.07 Å². The van der Waals surface area contributed by atoms with Gasteiger partial charge in [-0.1, -0.05) is 6.92 Å². The first-order chi connectivity index (χ1) is 13.6. The first-order valence-electron chi connectivity index (χ1n) is 9.20. The van der Waals surface area contributed by atoms with Crippen molar-refractivity contribution in [3.05, 3.63) is 36.0 Å². The van der Waals surface area contributed by atoms with Crippen molar-refractivity contribution in [1.82, 2.24) is 20.1 Å². The molecular formula is C18H22F4N6O. The summed E-state index contributed by atoms with van der Waals surface area (Å²) < 4.78 is 52.2. The average molecular weight is 414 g/mol. The molecule has 3 atom stereocenters. The van der Waals surface area contributed by atoms with Crippen molar-refractivity contribution in [1.29, 1.82) is 0 Å². The van der Waals surface area contributed by atoms with Crippen LogP contribution in [0.25, 0.3) is 0 Å². The molecule has 2 aromatic heterocycles. The van der Waals surface area contributed by atoms with Gasteiger partial charge in [0.2, 0.25) is 5.95 Å². The first kappa shape index (κ1) is 21.0. The van der Waals surface area contributed by atoms with Crippen LogP contribution in [0.15, 0.2) is 24.5 Å². The Bertz CT molecular complexity index is 868. The highest BCUT2D eigenvalue weighted by atomic mass is 19.4. The van der Waals surface area contributed by atoms with Crippen molar-refractivity contribution >= 4 is 17.4 Å². The van der Waals surface area contributed by atoms with E-state index < -0.39 is 24.6 Å². The van der Waals surface area contributed by atoms with E-state index in [-0.39, 0.29) is 29.4 Å². The van der Waals surface area contributed by atoms with Crippen molar-refractivity contribution < 1.29 is 22.4 Å². The molecule has 2 aromatic rings. The Labute approximate surface area is 164 Å². The van der Waals surface area contributed by atoms with Crippen LogP contribution in [0.5, 0.6) is 0 Å². The fourth-order valence-electron chi connectivity index (χ4n) is 3.67. The van der Waals surface area contributed by atoms with E-state index in [2.05, 4.69) is 20.7 Å². The summed E-state index contributed by atoms with van der Waals surface area (Å²) in [5, 5.41) is 9.82. The number of nitrogens with two attached hydrogens (primary N) is 1. The number of alkyl halides is 3. The molecule has 0 saturated heterocycles. The van der Waals surface area contributed by atoms with Crippen LogP contribution in [0.2, 0.25) is 0 Å². The van der Waals surface area contributed by atoms with Crippen molar-refractivity contribution in [2.24, 2.45) is 11.7 Å². The van der Waals surface area contributed by atoms with Gasteiger partial charge in [0.15, 0.2) is 5.82 Å². The number of hydrogen-bond acceptors (Lipinski definition) is 5. The molecule has 0 spiro atoms. The Morgan fingerprint density at radius 3 is 2.76 bits per heavy atom. The van der Waals surface area contributed by atoms with E-state index in [1.54, 1.807) is 4.68 Å². The number of nitrogens with zero attached hydrogens (tertiary/aromatic N) is 3. The quantitative estimate of drug-likeness (QED) is 0.498. The molecule has 0 aromatic carbocycles. The molecule has 0 unspecified atom stereocenters. The number of anilines is 2. The van der Waals surface area contributed by atoms with Crippen molar-refractivity contribution in [3.8, 4) is 0 Å². The summed E-state index contributed by atoms with van der Waals surface area (Å²) in [7, 11) is 0. The SMILES string of the molecule is C[C@H]1C[C@@H](NCC(F)(F)F)CC[C@@H]1n1cc(C(N)=O)c(Nc2ccnc(F)c2)n1. The van der Waals surface area contributed by atoms with E-state index in [4.69, 9.17) is 5.73 Å². The van der Waals surface area contributed by atoms with Gasteiger partial charge in [-0.3, -0.25) is 9.48 Å². The number of amides is 1. The smallest absolute Gasteiger partial charge is 0.365 e. The van der Waals surface area contributed by atoms with E-state index in [0.29, 0.717) is 24.9 Å². The molecular weight excluding hydrogens is 392 g/mol. The number of primary amides is 1. The number of carbonyl (C=O) groups is 1. The summed E-state index contributed by atoms with van der Waals surface area (Å²) in [5.74, 6) is -1.16. The standard InChI is InChI=1S/C18H22F4N6O/c1-10-6-11(25-9-18(20,21)22)2-3-14(10)28-8-13(16(23)29)17(27-28)26-12-4-5-24-15(19)7-12/h4-5,7-8,10-11,14,25H,2-3,6,9H2,1H3,(H2,23,29)(H,24,26,27)/t10-,11-,14-/m0/s1. The topological polar surface area (TPSA) is 97.9 Å². The molecule has 11 heteroatoms. The van der Waals surface area contributed by atoms with Crippen LogP contribution in [0, 0.1) is 11.9 Å². The molecule has 158 valence electrons. The van der Waals surface area contributed by atoms with Crippen LogP contribution in [0.4, 0.5) is 29.1 Å². The number of pyridine rings is 1. The van der Waals surface area contributed by atoms with Gasteiger partial charge in [-0.2, -0.15) is 22.7 Å². The van der Waals surface area contributed by atoms with Gasteiger partial charge in [0, 0.05) is 30.2 Å². The van der Waals surface area contributed by atoms with E-state index in [1.165, 1.54) is 18.5 Å². The molecule has 29 heavy (non-hydrogen) atoms. The highest BCUT2D eigenvalue weighted by molar-refractivity contribution is 5.98. The summed E-state index contributed by atoms with van der Waals surface area (Å²) >= 11 is 0. The molecule has 1 aliphatic carbocycles. The molecule has 0 radical (unpaired) electrons. The van der Waals surface area contributed by atoms with Crippen molar-refractivity contribution in [3.63, 3.8) is 0 Å². The van der Waals surface area contributed by atoms with Gasteiger partial charge in [-0.05, 0) is 31.2 Å². The zero-order valence-electron chi connectivity index (χ0n) is 15.7. The molecule has 7 nitrogen and oxygen atoms in total. The third-order valence-electron chi connectivity index (χ3n) is 5.04. The normalized spacial score (nSPS) is 22.4. The lowest BCUT2D eigenvalue weighted by atomic mass is 9.83. The molecule has 1 fully saturated rings. The predicted octanol–water partition coefficient (Wildman–Crippen LogP) is 3.14. The maximum atomic E-state index is 13.3. The Morgan fingerprint density at radius 2 is 2.14 bits per heavy atom. The predicted molar refractivity (Wildman–Crippen MR) is 98.1 cm³/mol. The molecule has 0 bridgehead atoms. The Kier molecular flexibility index (Phi) is 6.06. The summed E-state index contributed by atoms with van der Waals surface area (Å²) in [6, 6.07) is 2.35. The largest absolute Gasteiger partial charge is 0.401 e. The van der Waals surface area contributed by atoms with Gasteiger partial charge in [0.05, 0.1) is 12.6 Å². The monoisotopic (exact) mass is 414 g/mol. The molecule has 4 N–H and O–H groups in total. The van der Waals surface area contributed by atoms with Gasteiger partial charge >= 0.3 is 6.18 Å². The molecule has 0 aliphatic heterocycles. The minimum atomic E-state index is -4.24. The number of halogens is 4. The summed E-state index contributed by atoms with van der Waals surface area (Å²) in [6.45, 7) is 0.919. The molecule has 3 rings (SSSR count).